The maximum Gasteiger partial charge on any atom is 0.338 e. The van der Waals surface area contributed by atoms with Crippen LogP contribution in [0.2, 0.25) is 5.02 Å². The Bertz CT molecular complexity index is 658. The van der Waals surface area contributed by atoms with Gasteiger partial charge in [0.25, 0.3) is 0 Å². The van der Waals surface area contributed by atoms with Gasteiger partial charge in [0.2, 0.25) is 0 Å². The van der Waals surface area contributed by atoms with E-state index in [2.05, 4.69) is 0 Å². The van der Waals surface area contributed by atoms with Crippen LogP contribution >= 0.6 is 11.6 Å². The number of aryl methyl sites for hydroxylation is 1. The molecular formula is C15H13ClFNO2. The van der Waals surface area contributed by atoms with Crippen LogP contribution in [-0.2, 0) is 11.3 Å². The minimum absolute atomic E-state index is 0.0125. The molecule has 0 aliphatic rings. The molecular weight excluding hydrogens is 281 g/mol. The van der Waals surface area contributed by atoms with Crippen molar-refractivity contribution in [2.24, 2.45) is 0 Å². The molecule has 5 heteroatoms. The van der Waals surface area contributed by atoms with Gasteiger partial charge < -0.3 is 10.5 Å². The first kappa shape index (κ1) is 14.3. The van der Waals surface area contributed by atoms with Crippen LogP contribution in [0.15, 0.2) is 36.4 Å². The van der Waals surface area contributed by atoms with E-state index in [1.807, 2.05) is 6.92 Å². The van der Waals surface area contributed by atoms with Crippen molar-refractivity contribution >= 4 is 23.3 Å². The molecule has 0 unspecified atom stereocenters. The molecule has 20 heavy (non-hydrogen) atoms. The second-order valence-electron chi connectivity index (χ2n) is 4.38. The second kappa shape index (κ2) is 5.92. The number of halogens is 2. The lowest BCUT2D eigenvalue weighted by Crippen LogP contribution is -2.06. The Hall–Kier alpha value is -2.07. The molecule has 0 radical (unpaired) electrons. The molecule has 104 valence electrons. The summed E-state index contributed by atoms with van der Waals surface area (Å²) in [6, 6.07) is 8.83. The Labute approximate surface area is 121 Å². The van der Waals surface area contributed by atoms with Crippen molar-refractivity contribution in [1.29, 1.82) is 0 Å². The van der Waals surface area contributed by atoms with Gasteiger partial charge in [-0.2, -0.15) is 0 Å². The van der Waals surface area contributed by atoms with Gasteiger partial charge in [0.1, 0.15) is 12.4 Å². The van der Waals surface area contributed by atoms with Crippen molar-refractivity contribution in [3.8, 4) is 0 Å². The van der Waals surface area contributed by atoms with Crippen LogP contribution in [-0.4, -0.2) is 5.97 Å². The molecule has 2 aromatic carbocycles. The van der Waals surface area contributed by atoms with E-state index in [0.717, 1.165) is 5.56 Å². The van der Waals surface area contributed by atoms with Gasteiger partial charge in [-0.05, 0) is 42.8 Å². The molecule has 0 heterocycles. The number of benzene rings is 2. The number of rotatable bonds is 3. The molecule has 0 amide bonds. The van der Waals surface area contributed by atoms with Crippen molar-refractivity contribution in [3.05, 3.63) is 63.9 Å². The van der Waals surface area contributed by atoms with Crippen molar-refractivity contribution in [2.45, 2.75) is 13.5 Å². The average molecular weight is 294 g/mol. The van der Waals surface area contributed by atoms with E-state index < -0.39 is 11.8 Å². The Morgan fingerprint density at radius 2 is 2.05 bits per heavy atom. The summed E-state index contributed by atoms with van der Waals surface area (Å²) in [5.74, 6) is -0.910. The summed E-state index contributed by atoms with van der Waals surface area (Å²) >= 11 is 5.86. The summed E-state index contributed by atoms with van der Waals surface area (Å²) in [5.41, 5.74) is 8.06. The lowest BCUT2D eigenvalue weighted by Gasteiger charge is -2.08. The molecule has 2 N–H and O–H groups in total. The Morgan fingerprint density at radius 1 is 1.30 bits per heavy atom. The summed E-state index contributed by atoms with van der Waals surface area (Å²) in [6.45, 7) is 1.80. The third-order valence-electron chi connectivity index (χ3n) is 2.88. The van der Waals surface area contributed by atoms with Gasteiger partial charge in [-0.15, -0.1) is 0 Å². The van der Waals surface area contributed by atoms with Crippen LogP contribution in [0.4, 0.5) is 10.1 Å². The molecule has 0 aromatic heterocycles. The van der Waals surface area contributed by atoms with Crippen LogP contribution in [0.1, 0.15) is 21.5 Å². The number of hydrogen-bond acceptors (Lipinski definition) is 3. The number of carbonyl (C=O) groups is 1. The highest BCUT2D eigenvalue weighted by Crippen LogP contribution is 2.19. The number of anilines is 1. The lowest BCUT2D eigenvalue weighted by atomic mass is 10.1. The van der Waals surface area contributed by atoms with E-state index in [4.69, 9.17) is 22.1 Å². The zero-order chi connectivity index (χ0) is 14.7. The molecule has 0 aliphatic heterocycles. The Morgan fingerprint density at radius 3 is 2.70 bits per heavy atom. The second-order valence-corrected chi connectivity index (χ2v) is 4.79. The molecule has 3 nitrogen and oxygen atoms in total. The SMILES string of the molecule is Cc1cc(C(=O)OCc2ccc(F)cc2Cl)ccc1N. The number of ether oxygens (including phenoxy) is 1. The first-order valence-electron chi connectivity index (χ1n) is 5.94. The molecule has 0 bridgehead atoms. The first-order valence-corrected chi connectivity index (χ1v) is 6.32. The van der Waals surface area contributed by atoms with Gasteiger partial charge >= 0.3 is 5.97 Å². The van der Waals surface area contributed by atoms with Gasteiger partial charge in [0.05, 0.1) is 10.6 Å². The van der Waals surface area contributed by atoms with E-state index in [1.54, 1.807) is 18.2 Å². The normalized spacial score (nSPS) is 10.3. The fourth-order valence-corrected chi connectivity index (χ4v) is 1.89. The number of nitrogens with two attached hydrogens (primary N) is 1. The van der Waals surface area contributed by atoms with Crippen LogP contribution in [0, 0.1) is 12.7 Å². The van der Waals surface area contributed by atoms with Gasteiger partial charge in [-0.1, -0.05) is 17.7 Å². The molecule has 0 fully saturated rings. The predicted octanol–water partition coefficient (Wildman–Crippen LogP) is 3.73. The fraction of sp³-hybridized carbons (Fsp3) is 0.133. The zero-order valence-electron chi connectivity index (χ0n) is 10.8. The molecule has 0 saturated carbocycles. The minimum Gasteiger partial charge on any atom is -0.457 e. The summed E-state index contributed by atoms with van der Waals surface area (Å²) in [5, 5.41) is 0.228. The highest BCUT2D eigenvalue weighted by Gasteiger charge is 2.10. The van der Waals surface area contributed by atoms with Crippen molar-refractivity contribution in [3.63, 3.8) is 0 Å². The van der Waals surface area contributed by atoms with Gasteiger partial charge in [0.15, 0.2) is 0 Å². The van der Waals surface area contributed by atoms with E-state index in [9.17, 15) is 9.18 Å². The Balaban J connectivity index is 2.06. The number of carbonyl (C=O) groups excluding carboxylic acids is 1. The standard InChI is InChI=1S/C15H13ClFNO2/c1-9-6-10(3-5-14(9)18)15(19)20-8-11-2-4-12(17)7-13(11)16/h2-7H,8,18H2,1H3. The number of hydrogen-bond donors (Lipinski definition) is 1. The first-order chi connectivity index (χ1) is 9.47. The van der Waals surface area contributed by atoms with E-state index in [0.29, 0.717) is 16.8 Å². The average Bonchev–Trinajstić information content (AvgIpc) is 2.40. The molecule has 2 rings (SSSR count). The Kier molecular flexibility index (Phi) is 4.25. The summed E-state index contributed by atoms with van der Waals surface area (Å²) < 4.78 is 18.0. The van der Waals surface area contributed by atoms with Crippen molar-refractivity contribution in [2.75, 3.05) is 5.73 Å². The third-order valence-corrected chi connectivity index (χ3v) is 3.23. The van der Waals surface area contributed by atoms with E-state index >= 15 is 0 Å². The van der Waals surface area contributed by atoms with Gasteiger partial charge in [0, 0.05) is 11.3 Å². The van der Waals surface area contributed by atoms with Crippen molar-refractivity contribution < 1.29 is 13.9 Å². The minimum atomic E-state index is -0.478. The molecule has 0 spiro atoms. The quantitative estimate of drug-likeness (QED) is 0.693. The van der Waals surface area contributed by atoms with Crippen molar-refractivity contribution in [1.82, 2.24) is 0 Å². The molecule has 0 atom stereocenters. The van der Waals surface area contributed by atoms with Crippen LogP contribution < -0.4 is 5.73 Å². The molecule has 0 aliphatic carbocycles. The lowest BCUT2D eigenvalue weighted by molar-refractivity contribution is 0.0473. The summed E-state index contributed by atoms with van der Waals surface area (Å²) in [7, 11) is 0. The zero-order valence-corrected chi connectivity index (χ0v) is 11.6. The fourth-order valence-electron chi connectivity index (χ4n) is 1.67. The van der Waals surface area contributed by atoms with Gasteiger partial charge in [-0.3, -0.25) is 0 Å². The highest BCUT2D eigenvalue weighted by atomic mass is 35.5. The maximum atomic E-state index is 12.9. The van der Waals surface area contributed by atoms with E-state index in [-0.39, 0.29) is 11.6 Å². The monoisotopic (exact) mass is 293 g/mol. The highest BCUT2D eigenvalue weighted by molar-refractivity contribution is 6.31. The van der Waals surface area contributed by atoms with Gasteiger partial charge in [-0.25, -0.2) is 9.18 Å². The topological polar surface area (TPSA) is 52.3 Å². The number of nitrogen functional groups attached to an aromatic ring is 1. The largest absolute Gasteiger partial charge is 0.457 e. The smallest absolute Gasteiger partial charge is 0.338 e. The molecule has 2 aromatic rings. The van der Waals surface area contributed by atoms with Crippen LogP contribution in [0.25, 0.3) is 0 Å². The predicted molar refractivity (Wildman–Crippen MR) is 76.1 cm³/mol. The number of esters is 1. The van der Waals surface area contributed by atoms with Crippen LogP contribution in [0.5, 0.6) is 0 Å². The maximum absolute atomic E-state index is 12.9. The van der Waals surface area contributed by atoms with Crippen LogP contribution in [0.3, 0.4) is 0 Å². The third kappa shape index (κ3) is 3.27. The summed E-state index contributed by atoms with van der Waals surface area (Å²) in [6.07, 6.45) is 0. The van der Waals surface area contributed by atoms with E-state index in [1.165, 1.54) is 18.2 Å². The summed E-state index contributed by atoms with van der Waals surface area (Å²) in [4.78, 5) is 11.9. The molecule has 0 saturated heterocycles.